The van der Waals surface area contributed by atoms with Gasteiger partial charge < -0.3 is 9.13 Å². The van der Waals surface area contributed by atoms with E-state index < -0.39 is 6.48 Å². The number of benzene rings is 1. The molecule has 1 aromatic carbocycles. The Morgan fingerprint density at radius 3 is 2.52 bits per heavy atom. The van der Waals surface area contributed by atoms with Gasteiger partial charge in [0.05, 0.1) is 12.5 Å². The van der Waals surface area contributed by atoms with Crippen molar-refractivity contribution < 1.29 is 9.13 Å². The predicted molar refractivity (Wildman–Crippen MR) is 87.7 cm³/mol. The van der Waals surface area contributed by atoms with Crippen LogP contribution < -0.4 is 4.48 Å². The molecule has 0 saturated carbocycles. The maximum Gasteiger partial charge on any atom is 0.405 e. The third-order valence-electron chi connectivity index (χ3n) is 4.81. The smallest absolute Gasteiger partial charge is 0.405 e. The molecule has 0 amide bonds. The van der Waals surface area contributed by atoms with Crippen LogP contribution in [0.2, 0.25) is 17.7 Å². The van der Waals surface area contributed by atoms with Crippen molar-refractivity contribution in [2.75, 3.05) is 0 Å². The summed E-state index contributed by atoms with van der Waals surface area (Å²) in [6, 6.07) is 14.5. The Hall–Kier alpha value is -1.32. The fourth-order valence-electron chi connectivity index (χ4n) is 3.48. The van der Waals surface area contributed by atoms with E-state index >= 15 is 0 Å². The molecule has 110 valence electrons. The lowest BCUT2D eigenvalue weighted by Crippen LogP contribution is -2.70. The molecule has 2 nitrogen and oxygen atoms in total. The van der Waals surface area contributed by atoms with Crippen molar-refractivity contribution in [2.24, 2.45) is 0 Å². The summed E-state index contributed by atoms with van der Waals surface area (Å²) >= 11 is 6.00. The molecular weight excluding hydrogens is 280 g/mol. The Morgan fingerprint density at radius 1 is 1.14 bits per heavy atom. The van der Waals surface area contributed by atoms with Gasteiger partial charge in [-0.3, -0.25) is 0 Å². The topological polar surface area (TPSA) is 13.1 Å². The summed E-state index contributed by atoms with van der Waals surface area (Å²) in [5.41, 5.74) is 2.56. The van der Waals surface area contributed by atoms with E-state index in [2.05, 4.69) is 54.9 Å². The molecule has 21 heavy (non-hydrogen) atoms. The van der Waals surface area contributed by atoms with Crippen molar-refractivity contribution in [3.8, 4) is 0 Å². The highest BCUT2D eigenvalue weighted by Gasteiger charge is 2.42. The van der Waals surface area contributed by atoms with Crippen LogP contribution in [0.1, 0.15) is 31.2 Å². The van der Waals surface area contributed by atoms with Crippen LogP contribution in [0, 0.1) is 0 Å². The molecule has 1 aliphatic heterocycles. The van der Waals surface area contributed by atoms with Gasteiger partial charge in [0.1, 0.15) is 11.9 Å². The van der Waals surface area contributed by atoms with Gasteiger partial charge in [-0.15, -0.1) is 0 Å². The molecule has 0 radical (unpaired) electrons. The fraction of sp³-hybridized carbons (Fsp3) is 0.353. The summed E-state index contributed by atoms with van der Waals surface area (Å²) in [5.74, 6) is 0. The molecule has 0 unspecified atom stereocenters. The van der Waals surface area contributed by atoms with Gasteiger partial charge in [-0.25, -0.2) is 0 Å². The molecule has 1 aromatic heterocycles. The maximum absolute atomic E-state index is 6.61. The Kier molecular flexibility index (Phi) is 4.05. The second kappa shape index (κ2) is 5.82. The second-order valence-corrected chi connectivity index (χ2v) is 6.33. The summed E-state index contributed by atoms with van der Waals surface area (Å²) in [6.07, 6.45) is 5.22. The third kappa shape index (κ3) is 2.61. The number of hydrogen-bond donors (Lipinski definition) is 0. The first kappa shape index (κ1) is 14.6. The number of hydrogen-bond acceptors (Lipinski definition) is 1. The molecule has 0 N–H and O–H groups in total. The van der Waals surface area contributed by atoms with Crippen LogP contribution in [-0.2, 0) is 11.1 Å². The summed E-state index contributed by atoms with van der Waals surface area (Å²) in [4.78, 5) is 0. The molecule has 0 spiro atoms. The van der Waals surface area contributed by atoms with Crippen LogP contribution in [0.4, 0.5) is 0 Å². The molecular formula is C17H21BClNO. The number of rotatable bonds is 3. The van der Waals surface area contributed by atoms with Crippen LogP contribution >= 0.6 is 11.6 Å². The molecule has 2 aromatic rings. The lowest BCUT2D eigenvalue weighted by atomic mass is 9.45. The highest BCUT2D eigenvalue weighted by atomic mass is 35.5. The summed E-state index contributed by atoms with van der Waals surface area (Å²) in [6.45, 7) is 3.43. The van der Waals surface area contributed by atoms with Crippen molar-refractivity contribution >= 4 is 18.1 Å². The SMILES string of the molecule is CC[B-]1(CC)O[C@H](c2ccc(Cl)cc2)Cc2cccc[n+]21. The first-order valence-electron chi connectivity index (χ1n) is 7.79. The standard InChI is InChI=1S/C17H21BClNO/c1-3-18(4-2)20-12-6-5-7-16(20)13-17(21-18)14-8-10-15(19)11-9-14/h5-12,17H,3-4,13H2,1-2H3/t17-/m0/s1. The van der Waals surface area contributed by atoms with E-state index in [4.69, 9.17) is 16.3 Å². The van der Waals surface area contributed by atoms with Gasteiger partial charge >= 0.3 is 6.48 Å². The average molecular weight is 302 g/mol. The highest BCUT2D eigenvalue weighted by molar-refractivity contribution is 6.65. The summed E-state index contributed by atoms with van der Waals surface area (Å²) in [5, 5.41) is 0.770. The van der Waals surface area contributed by atoms with E-state index in [1.54, 1.807) is 0 Å². The van der Waals surface area contributed by atoms with Crippen molar-refractivity contribution in [1.29, 1.82) is 0 Å². The van der Waals surface area contributed by atoms with Crippen LogP contribution in [0.3, 0.4) is 0 Å². The van der Waals surface area contributed by atoms with Gasteiger partial charge in [-0.1, -0.05) is 56.3 Å². The molecule has 1 atom stereocenters. The van der Waals surface area contributed by atoms with Crippen LogP contribution in [0.15, 0.2) is 48.7 Å². The summed E-state index contributed by atoms with van der Waals surface area (Å²) in [7, 11) is 0. The van der Waals surface area contributed by atoms with Crippen LogP contribution in [0.25, 0.3) is 0 Å². The van der Waals surface area contributed by atoms with Crippen molar-refractivity contribution in [3.05, 3.63) is 64.9 Å². The van der Waals surface area contributed by atoms with Crippen molar-refractivity contribution in [2.45, 2.75) is 39.0 Å². The Balaban J connectivity index is 2.03. The number of aromatic nitrogens is 1. The molecule has 1 aliphatic rings. The number of halogens is 1. The largest absolute Gasteiger partial charge is 0.526 e. The molecule has 3 rings (SSSR count). The van der Waals surface area contributed by atoms with E-state index in [1.165, 1.54) is 11.3 Å². The number of pyridine rings is 1. The van der Waals surface area contributed by atoms with Gasteiger partial charge in [0.15, 0.2) is 0 Å². The minimum atomic E-state index is -1.01. The zero-order valence-electron chi connectivity index (χ0n) is 12.6. The van der Waals surface area contributed by atoms with Gasteiger partial charge in [-0.2, -0.15) is 0 Å². The van der Waals surface area contributed by atoms with Crippen molar-refractivity contribution in [3.63, 3.8) is 0 Å². The normalized spacial score (nSPS) is 20.0. The zero-order valence-corrected chi connectivity index (χ0v) is 13.4. The summed E-state index contributed by atoms with van der Waals surface area (Å²) < 4.78 is 8.97. The molecule has 0 fully saturated rings. The van der Waals surface area contributed by atoms with E-state index in [1.807, 2.05) is 12.1 Å². The average Bonchev–Trinajstić information content (AvgIpc) is 2.54. The Morgan fingerprint density at radius 2 is 1.86 bits per heavy atom. The monoisotopic (exact) mass is 301 g/mol. The van der Waals surface area contributed by atoms with E-state index in [9.17, 15) is 0 Å². The number of fused-ring (bicyclic) bond motifs is 1. The van der Waals surface area contributed by atoms with E-state index in [0.29, 0.717) is 0 Å². The fourth-order valence-corrected chi connectivity index (χ4v) is 3.61. The number of nitrogens with zero attached hydrogens (tertiary/aromatic N) is 1. The first-order chi connectivity index (χ1) is 10.2. The molecule has 0 bridgehead atoms. The Labute approximate surface area is 131 Å². The highest BCUT2D eigenvalue weighted by Crippen LogP contribution is 2.32. The molecule has 2 heterocycles. The second-order valence-electron chi connectivity index (χ2n) is 5.89. The van der Waals surface area contributed by atoms with Crippen molar-refractivity contribution in [1.82, 2.24) is 0 Å². The lowest BCUT2D eigenvalue weighted by molar-refractivity contribution is -0.581. The maximum atomic E-state index is 6.61. The van der Waals surface area contributed by atoms with Gasteiger partial charge in [0, 0.05) is 11.1 Å². The first-order valence-corrected chi connectivity index (χ1v) is 8.17. The third-order valence-corrected chi connectivity index (χ3v) is 5.07. The zero-order chi connectivity index (χ0) is 14.9. The van der Waals surface area contributed by atoms with Gasteiger partial charge in [0.25, 0.3) is 0 Å². The van der Waals surface area contributed by atoms with Crippen LogP contribution in [0.5, 0.6) is 0 Å². The molecule has 0 aliphatic carbocycles. The van der Waals surface area contributed by atoms with Gasteiger partial charge in [0.2, 0.25) is 0 Å². The lowest BCUT2D eigenvalue weighted by Gasteiger charge is -2.42. The quantitative estimate of drug-likeness (QED) is 0.772. The van der Waals surface area contributed by atoms with E-state index in [-0.39, 0.29) is 6.10 Å². The Bertz CT molecular complexity index is 625. The van der Waals surface area contributed by atoms with E-state index in [0.717, 1.165) is 24.1 Å². The minimum Gasteiger partial charge on any atom is -0.526 e. The molecule has 0 saturated heterocycles. The predicted octanol–water partition coefficient (Wildman–Crippen LogP) is 4.27. The molecule has 4 heteroatoms. The van der Waals surface area contributed by atoms with Gasteiger partial charge in [-0.05, 0) is 23.8 Å². The van der Waals surface area contributed by atoms with Crippen LogP contribution in [-0.4, -0.2) is 6.48 Å². The minimum absolute atomic E-state index is 0.115.